The molecule has 0 bridgehead atoms. The van der Waals surface area contributed by atoms with Crippen molar-refractivity contribution in [1.82, 2.24) is 10.3 Å². The van der Waals surface area contributed by atoms with Crippen molar-refractivity contribution in [3.63, 3.8) is 0 Å². The van der Waals surface area contributed by atoms with Gasteiger partial charge in [0, 0.05) is 23.9 Å². The Labute approximate surface area is 83.9 Å². The van der Waals surface area contributed by atoms with Gasteiger partial charge in [-0.05, 0) is 26.0 Å². The van der Waals surface area contributed by atoms with Crippen molar-refractivity contribution < 1.29 is 4.79 Å². The van der Waals surface area contributed by atoms with Crippen LogP contribution in [0.3, 0.4) is 0 Å². The Bertz CT molecular complexity index is 285. The highest BCUT2D eigenvalue weighted by atomic mass is 16.1. The smallest absolute Gasteiger partial charge is 0.222 e. The number of hydrogen-bond acceptors (Lipinski definition) is 2. The van der Waals surface area contributed by atoms with E-state index in [2.05, 4.69) is 10.3 Å². The largest absolute Gasteiger partial charge is 0.364 e. The van der Waals surface area contributed by atoms with E-state index in [1.807, 2.05) is 32.2 Å². The van der Waals surface area contributed by atoms with Crippen LogP contribution in [0.25, 0.3) is 0 Å². The van der Waals surface area contributed by atoms with Gasteiger partial charge in [0.15, 0.2) is 0 Å². The van der Waals surface area contributed by atoms with E-state index in [1.165, 1.54) is 0 Å². The van der Waals surface area contributed by atoms with Crippen LogP contribution >= 0.6 is 0 Å². The summed E-state index contributed by atoms with van der Waals surface area (Å²) < 4.78 is 0. The van der Waals surface area contributed by atoms with Crippen LogP contribution in [0.1, 0.15) is 26.0 Å². The molecule has 0 aliphatic rings. The van der Waals surface area contributed by atoms with Gasteiger partial charge in [-0.1, -0.05) is 0 Å². The van der Waals surface area contributed by atoms with Crippen LogP contribution in [-0.2, 0) is 11.3 Å². The second kappa shape index (κ2) is 4.28. The van der Waals surface area contributed by atoms with E-state index in [-0.39, 0.29) is 5.91 Å². The molecule has 1 rings (SSSR count). The fourth-order valence-corrected chi connectivity index (χ4v) is 1.15. The maximum absolute atomic E-state index is 11.3. The molecule has 0 radical (unpaired) electrons. The van der Waals surface area contributed by atoms with Gasteiger partial charge < -0.3 is 16.0 Å². The molecule has 0 fully saturated rings. The predicted octanol–water partition coefficient (Wildman–Crippen LogP) is 0.758. The molecule has 0 saturated carbocycles. The third-order valence-corrected chi connectivity index (χ3v) is 1.75. The zero-order chi connectivity index (χ0) is 10.6. The molecule has 1 heterocycles. The van der Waals surface area contributed by atoms with Gasteiger partial charge in [-0.2, -0.15) is 0 Å². The van der Waals surface area contributed by atoms with E-state index in [0.717, 1.165) is 5.69 Å². The Morgan fingerprint density at radius 2 is 2.36 bits per heavy atom. The Hall–Kier alpha value is -1.29. The van der Waals surface area contributed by atoms with Gasteiger partial charge in [-0.25, -0.2) is 0 Å². The molecule has 1 aromatic rings. The number of H-pyrrole nitrogens is 1. The second-order valence-corrected chi connectivity index (χ2v) is 4.14. The summed E-state index contributed by atoms with van der Waals surface area (Å²) >= 11 is 0. The topological polar surface area (TPSA) is 70.9 Å². The number of carbonyl (C=O) groups excluding carboxylic acids is 1. The number of hydrogen-bond donors (Lipinski definition) is 3. The average Bonchev–Trinajstić information content (AvgIpc) is 2.49. The Morgan fingerprint density at radius 3 is 2.86 bits per heavy atom. The molecule has 4 N–H and O–H groups in total. The lowest BCUT2D eigenvalue weighted by atomic mass is 10.0. The van der Waals surface area contributed by atoms with E-state index in [0.29, 0.717) is 13.0 Å². The SMILES string of the molecule is CC(C)(N)CC(=O)NCc1ccc[nH]1. The number of amides is 1. The normalized spacial score (nSPS) is 11.4. The number of carbonyl (C=O) groups is 1. The molecular formula is C10H17N3O. The summed E-state index contributed by atoms with van der Waals surface area (Å²) in [6.45, 7) is 4.20. The van der Waals surface area contributed by atoms with Gasteiger partial charge >= 0.3 is 0 Å². The van der Waals surface area contributed by atoms with Crippen molar-refractivity contribution in [1.29, 1.82) is 0 Å². The lowest BCUT2D eigenvalue weighted by Gasteiger charge is -2.17. The van der Waals surface area contributed by atoms with Crippen molar-refractivity contribution in [2.45, 2.75) is 32.4 Å². The molecule has 0 saturated heterocycles. The standard InChI is InChI=1S/C10H17N3O/c1-10(2,11)6-9(14)13-7-8-4-3-5-12-8/h3-5,12H,6-7,11H2,1-2H3,(H,13,14). The fourth-order valence-electron chi connectivity index (χ4n) is 1.15. The highest BCUT2D eigenvalue weighted by Crippen LogP contribution is 2.03. The zero-order valence-electron chi connectivity index (χ0n) is 8.63. The maximum atomic E-state index is 11.3. The molecule has 0 spiro atoms. The van der Waals surface area contributed by atoms with Crippen LogP contribution in [0.5, 0.6) is 0 Å². The minimum absolute atomic E-state index is 0.0212. The first-order valence-electron chi connectivity index (χ1n) is 4.65. The quantitative estimate of drug-likeness (QED) is 0.663. The van der Waals surface area contributed by atoms with E-state index in [9.17, 15) is 4.79 Å². The summed E-state index contributed by atoms with van der Waals surface area (Å²) in [6.07, 6.45) is 2.17. The van der Waals surface area contributed by atoms with Crippen LogP contribution in [0.15, 0.2) is 18.3 Å². The van der Waals surface area contributed by atoms with Crippen LogP contribution in [0, 0.1) is 0 Å². The summed E-state index contributed by atoms with van der Waals surface area (Å²) in [5.74, 6) is -0.0212. The van der Waals surface area contributed by atoms with Crippen molar-refractivity contribution in [3.05, 3.63) is 24.0 Å². The summed E-state index contributed by atoms with van der Waals surface area (Å²) in [4.78, 5) is 14.4. The van der Waals surface area contributed by atoms with Gasteiger partial charge in [0.2, 0.25) is 5.91 Å². The monoisotopic (exact) mass is 195 g/mol. The molecule has 0 aromatic carbocycles. The van der Waals surface area contributed by atoms with Gasteiger partial charge in [0.05, 0.1) is 6.54 Å². The van der Waals surface area contributed by atoms with Gasteiger partial charge in [0.25, 0.3) is 0 Å². The molecule has 14 heavy (non-hydrogen) atoms. The molecule has 4 heteroatoms. The van der Waals surface area contributed by atoms with Crippen LogP contribution in [0.4, 0.5) is 0 Å². The molecule has 1 amide bonds. The minimum atomic E-state index is -0.445. The van der Waals surface area contributed by atoms with Crippen molar-refractivity contribution in [3.8, 4) is 0 Å². The lowest BCUT2D eigenvalue weighted by molar-refractivity contribution is -0.122. The molecule has 4 nitrogen and oxygen atoms in total. The first-order chi connectivity index (χ1) is 6.47. The third-order valence-electron chi connectivity index (χ3n) is 1.75. The molecule has 0 unspecified atom stereocenters. The highest BCUT2D eigenvalue weighted by Gasteiger charge is 2.15. The molecule has 1 aromatic heterocycles. The maximum Gasteiger partial charge on any atom is 0.222 e. The Balaban J connectivity index is 2.29. The summed E-state index contributed by atoms with van der Waals surface area (Å²) in [5, 5.41) is 2.79. The van der Waals surface area contributed by atoms with Gasteiger partial charge in [0.1, 0.15) is 0 Å². The molecular weight excluding hydrogens is 178 g/mol. The number of nitrogens with one attached hydrogen (secondary N) is 2. The fraction of sp³-hybridized carbons (Fsp3) is 0.500. The number of aromatic amines is 1. The first kappa shape index (κ1) is 10.8. The Kier molecular flexibility index (Phi) is 3.30. The first-order valence-corrected chi connectivity index (χ1v) is 4.65. The number of aromatic nitrogens is 1. The molecule has 78 valence electrons. The van der Waals surface area contributed by atoms with E-state index >= 15 is 0 Å². The zero-order valence-corrected chi connectivity index (χ0v) is 8.63. The van der Waals surface area contributed by atoms with E-state index < -0.39 is 5.54 Å². The van der Waals surface area contributed by atoms with Crippen molar-refractivity contribution in [2.75, 3.05) is 0 Å². The van der Waals surface area contributed by atoms with Crippen LogP contribution < -0.4 is 11.1 Å². The molecule has 0 atom stereocenters. The molecule has 0 aliphatic heterocycles. The number of rotatable bonds is 4. The highest BCUT2D eigenvalue weighted by molar-refractivity contribution is 5.76. The lowest BCUT2D eigenvalue weighted by Crippen LogP contribution is -2.38. The van der Waals surface area contributed by atoms with Gasteiger partial charge in [-0.3, -0.25) is 4.79 Å². The predicted molar refractivity (Wildman–Crippen MR) is 55.5 cm³/mol. The average molecular weight is 195 g/mol. The van der Waals surface area contributed by atoms with Crippen LogP contribution in [0.2, 0.25) is 0 Å². The van der Waals surface area contributed by atoms with E-state index in [4.69, 9.17) is 5.73 Å². The molecule has 0 aliphatic carbocycles. The minimum Gasteiger partial charge on any atom is -0.364 e. The van der Waals surface area contributed by atoms with Gasteiger partial charge in [-0.15, -0.1) is 0 Å². The number of nitrogens with two attached hydrogens (primary N) is 1. The van der Waals surface area contributed by atoms with E-state index in [1.54, 1.807) is 0 Å². The Morgan fingerprint density at radius 1 is 1.64 bits per heavy atom. The van der Waals surface area contributed by atoms with Crippen molar-refractivity contribution in [2.24, 2.45) is 5.73 Å². The summed E-state index contributed by atoms with van der Waals surface area (Å²) in [6, 6.07) is 3.82. The summed E-state index contributed by atoms with van der Waals surface area (Å²) in [7, 11) is 0. The van der Waals surface area contributed by atoms with Crippen molar-refractivity contribution >= 4 is 5.91 Å². The third kappa shape index (κ3) is 4.09. The summed E-state index contributed by atoms with van der Waals surface area (Å²) in [5.41, 5.74) is 6.27. The van der Waals surface area contributed by atoms with Crippen LogP contribution in [-0.4, -0.2) is 16.4 Å². The second-order valence-electron chi connectivity index (χ2n) is 4.14.